The summed E-state index contributed by atoms with van der Waals surface area (Å²) in [5.74, 6) is -0.194. The Morgan fingerprint density at radius 3 is 2.39 bits per heavy atom. The summed E-state index contributed by atoms with van der Waals surface area (Å²) >= 11 is 0. The Kier molecular flexibility index (Phi) is 6.20. The van der Waals surface area contributed by atoms with E-state index in [0.717, 1.165) is 28.8 Å². The molecule has 1 aliphatic heterocycles. The van der Waals surface area contributed by atoms with Crippen LogP contribution in [0.15, 0.2) is 47.4 Å². The predicted molar refractivity (Wildman–Crippen MR) is 112 cm³/mol. The third kappa shape index (κ3) is 4.28. The normalized spacial score (nSPS) is 16.1. The molecule has 1 N–H and O–H groups in total. The molecule has 1 fully saturated rings. The maximum atomic E-state index is 12.9. The molecule has 1 saturated heterocycles. The molecule has 0 saturated carbocycles. The number of rotatable bonds is 5. The van der Waals surface area contributed by atoms with Crippen molar-refractivity contribution in [2.24, 2.45) is 5.92 Å². The average molecular weight is 401 g/mol. The number of carbonyl (C=O) groups excluding carboxylic acids is 1. The number of aryl methyl sites for hydroxylation is 3. The molecule has 0 unspecified atom stereocenters. The summed E-state index contributed by atoms with van der Waals surface area (Å²) < 4.78 is 27.4. The molecule has 5 nitrogen and oxygen atoms in total. The van der Waals surface area contributed by atoms with E-state index in [1.54, 1.807) is 12.1 Å². The van der Waals surface area contributed by atoms with Crippen LogP contribution < -0.4 is 5.32 Å². The van der Waals surface area contributed by atoms with E-state index in [1.165, 1.54) is 4.31 Å². The zero-order chi connectivity index (χ0) is 20.3. The van der Waals surface area contributed by atoms with E-state index in [1.807, 2.05) is 44.2 Å². The van der Waals surface area contributed by atoms with Gasteiger partial charge in [0.1, 0.15) is 0 Å². The van der Waals surface area contributed by atoms with E-state index in [2.05, 4.69) is 12.2 Å². The van der Waals surface area contributed by atoms with E-state index < -0.39 is 10.0 Å². The highest BCUT2D eigenvalue weighted by Gasteiger charge is 2.32. The zero-order valence-corrected chi connectivity index (χ0v) is 17.6. The number of nitrogens with zero attached hydrogens (tertiary/aromatic N) is 1. The summed E-state index contributed by atoms with van der Waals surface area (Å²) in [5.41, 5.74) is 3.98. The van der Waals surface area contributed by atoms with Crippen molar-refractivity contribution in [3.05, 3.63) is 59.2 Å². The highest BCUT2D eigenvalue weighted by molar-refractivity contribution is 7.89. The summed E-state index contributed by atoms with van der Waals surface area (Å²) in [5, 5.41) is 3.02. The Labute approximate surface area is 167 Å². The van der Waals surface area contributed by atoms with Crippen LogP contribution in [0.3, 0.4) is 0 Å². The maximum absolute atomic E-state index is 12.9. The molecular formula is C22H28N2O3S. The van der Waals surface area contributed by atoms with Gasteiger partial charge in [-0.2, -0.15) is 4.31 Å². The third-order valence-corrected chi connectivity index (χ3v) is 7.49. The molecule has 6 heteroatoms. The van der Waals surface area contributed by atoms with Crippen LogP contribution in [-0.2, 0) is 21.2 Å². The molecule has 0 bridgehead atoms. The van der Waals surface area contributed by atoms with Crippen molar-refractivity contribution < 1.29 is 13.2 Å². The largest absolute Gasteiger partial charge is 0.326 e. The van der Waals surface area contributed by atoms with Crippen molar-refractivity contribution in [3.8, 4) is 0 Å². The molecule has 0 spiro atoms. The number of para-hydroxylation sites is 1. The van der Waals surface area contributed by atoms with Crippen molar-refractivity contribution in [2.75, 3.05) is 18.4 Å². The molecule has 0 atom stereocenters. The fourth-order valence-electron chi connectivity index (χ4n) is 3.57. The summed E-state index contributed by atoms with van der Waals surface area (Å²) in [6.45, 7) is 6.66. The van der Waals surface area contributed by atoms with Gasteiger partial charge in [0.05, 0.1) is 4.90 Å². The van der Waals surface area contributed by atoms with Crippen molar-refractivity contribution >= 4 is 21.6 Å². The minimum atomic E-state index is -3.52. The summed E-state index contributed by atoms with van der Waals surface area (Å²) in [6, 6.07) is 13.0. The van der Waals surface area contributed by atoms with Crippen molar-refractivity contribution in [1.82, 2.24) is 4.31 Å². The first-order valence-electron chi connectivity index (χ1n) is 9.79. The average Bonchev–Trinajstić information content (AvgIpc) is 2.70. The fraction of sp³-hybridized carbons (Fsp3) is 0.409. The number of sulfonamides is 1. The van der Waals surface area contributed by atoms with Gasteiger partial charge in [-0.3, -0.25) is 4.79 Å². The number of hydrogen-bond acceptors (Lipinski definition) is 3. The molecule has 0 aromatic heterocycles. The first-order chi connectivity index (χ1) is 13.3. The summed E-state index contributed by atoms with van der Waals surface area (Å²) in [4.78, 5) is 13.0. The quantitative estimate of drug-likeness (QED) is 0.828. The lowest BCUT2D eigenvalue weighted by molar-refractivity contribution is -0.120. The Morgan fingerprint density at radius 1 is 1.07 bits per heavy atom. The van der Waals surface area contributed by atoms with E-state index in [4.69, 9.17) is 0 Å². The minimum absolute atomic E-state index is 0.0240. The molecule has 2 aromatic rings. The molecule has 0 radical (unpaired) electrons. The Balaban J connectivity index is 1.65. The highest BCUT2D eigenvalue weighted by atomic mass is 32.2. The molecule has 3 rings (SSSR count). The molecule has 1 amide bonds. The van der Waals surface area contributed by atoms with Gasteiger partial charge < -0.3 is 5.32 Å². The van der Waals surface area contributed by atoms with Gasteiger partial charge in [-0.15, -0.1) is 0 Å². The molecule has 2 aromatic carbocycles. The molecule has 1 aliphatic rings. The summed E-state index contributed by atoms with van der Waals surface area (Å²) in [7, 11) is -3.52. The second-order valence-corrected chi connectivity index (χ2v) is 9.36. The van der Waals surface area contributed by atoms with Gasteiger partial charge in [-0.1, -0.05) is 31.2 Å². The van der Waals surface area contributed by atoms with Gasteiger partial charge in [0.15, 0.2) is 0 Å². The Bertz CT molecular complexity index is 961. The van der Waals surface area contributed by atoms with Crippen LogP contribution in [0.25, 0.3) is 0 Å². The van der Waals surface area contributed by atoms with Gasteiger partial charge in [0.25, 0.3) is 0 Å². The van der Waals surface area contributed by atoms with Crippen molar-refractivity contribution in [2.45, 2.75) is 44.9 Å². The maximum Gasteiger partial charge on any atom is 0.243 e. The first kappa shape index (κ1) is 20.6. The lowest BCUT2D eigenvalue weighted by Gasteiger charge is -2.30. The van der Waals surface area contributed by atoms with Gasteiger partial charge in [0, 0.05) is 24.7 Å². The predicted octanol–water partition coefficient (Wildman–Crippen LogP) is 3.91. The smallest absolute Gasteiger partial charge is 0.243 e. The van der Waals surface area contributed by atoms with Gasteiger partial charge in [-0.05, 0) is 68.0 Å². The van der Waals surface area contributed by atoms with E-state index in [9.17, 15) is 13.2 Å². The monoisotopic (exact) mass is 400 g/mol. The first-order valence-corrected chi connectivity index (χ1v) is 11.2. The standard InChI is InChI=1S/C22H28N2O3S/c1-4-18-7-5-6-8-21(18)23-22(25)19-11-13-24(14-12-19)28(26,27)20-10-9-16(2)17(3)15-20/h5-10,15,19H,4,11-14H2,1-3H3,(H,23,25). The number of nitrogens with one attached hydrogen (secondary N) is 1. The molecule has 1 heterocycles. The number of carbonyl (C=O) groups is 1. The van der Waals surface area contributed by atoms with Crippen LogP contribution in [0.1, 0.15) is 36.5 Å². The molecular weight excluding hydrogens is 372 g/mol. The van der Waals surface area contributed by atoms with Crippen LogP contribution in [0.2, 0.25) is 0 Å². The van der Waals surface area contributed by atoms with Crippen LogP contribution >= 0.6 is 0 Å². The Morgan fingerprint density at radius 2 is 1.75 bits per heavy atom. The zero-order valence-electron chi connectivity index (χ0n) is 16.7. The second-order valence-electron chi connectivity index (χ2n) is 7.42. The van der Waals surface area contributed by atoms with Crippen LogP contribution in [-0.4, -0.2) is 31.7 Å². The number of piperidine rings is 1. The molecule has 28 heavy (non-hydrogen) atoms. The van der Waals surface area contributed by atoms with Gasteiger partial charge in [0.2, 0.25) is 15.9 Å². The third-order valence-electron chi connectivity index (χ3n) is 5.60. The van der Waals surface area contributed by atoms with E-state index >= 15 is 0 Å². The number of hydrogen-bond donors (Lipinski definition) is 1. The van der Waals surface area contributed by atoms with Crippen molar-refractivity contribution in [3.63, 3.8) is 0 Å². The van der Waals surface area contributed by atoms with E-state index in [0.29, 0.717) is 30.8 Å². The van der Waals surface area contributed by atoms with Crippen LogP contribution in [0.4, 0.5) is 5.69 Å². The number of anilines is 1. The second kappa shape index (κ2) is 8.45. The van der Waals surface area contributed by atoms with E-state index in [-0.39, 0.29) is 11.8 Å². The van der Waals surface area contributed by atoms with Crippen LogP contribution in [0.5, 0.6) is 0 Å². The lowest BCUT2D eigenvalue weighted by atomic mass is 9.97. The van der Waals surface area contributed by atoms with Crippen LogP contribution in [0, 0.1) is 19.8 Å². The van der Waals surface area contributed by atoms with Crippen molar-refractivity contribution in [1.29, 1.82) is 0 Å². The fourth-order valence-corrected chi connectivity index (χ4v) is 5.12. The summed E-state index contributed by atoms with van der Waals surface area (Å²) in [6.07, 6.45) is 1.91. The highest BCUT2D eigenvalue weighted by Crippen LogP contribution is 2.26. The lowest BCUT2D eigenvalue weighted by Crippen LogP contribution is -2.41. The SMILES string of the molecule is CCc1ccccc1NC(=O)C1CCN(S(=O)(=O)c2ccc(C)c(C)c2)CC1. The topological polar surface area (TPSA) is 66.5 Å². The number of amides is 1. The number of benzene rings is 2. The molecule has 150 valence electrons. The Hall–Kier alpha value is -2.18. The molecule has 0 aliphatic carbocycles. The minimum Gasteiger partial charge on any atom is -0.326 e. The van der Waals surface area contributed by atoms with Gasteiger partial charge in [-0.25, -0.2) is 8.42 Å². The van der Waals surface area contributed by atoms with Gasteiger partial charge >= 0.3 is 0 Å².